The number of hydrogen-bond donors (Lipinski definition) is 2. The van der Waals surface area contributed by atoms with Crippen LogP contribution in [0, 0.1) is 5.92 Å². The Morgan fingerprint density at radius 3 is 2.07 bits per heavy atom. The Bertz CT molecular complexity index is 246. The number of nitrogens with one attached hydrogen (secondary N) is 1. The molecule has 0 rings (SSSR count). The second kappa shape index (κ2) is 4.30. The average Bonchev–Trinajstić information content (AvgIpc) is 2.00. The van der Waals surface area contributed by atoms with Gasteiger partial charge in [-0.25, -0.2) is 18.0 Å². The molecule has 0 spiro atoms. The van der Waals surface area contributed by atoms with E-state index in [9.17, 15) is 22.8 Å². The van der Waals surface area contributed by atoms with Crippen molar-refractivity contribution >= 4 is 11.9 Å². The molecule has 0 aliphatic rings. The zero-order chi connectivity index (χ0) is 11.5. The highest BCUT2D eigenvalue weighted by Gasteiger charge is 2.49. The van der Waals surface area contributed by atoms with Crippen molar-refractivity contribution in [3.8, 4) is 0 Å². The number of carbonyl (C=O) groups excluding carboxylic acids is 1. The van der Waals surface area contributed by atoms with Crippen molar-refractivity contribution in [2.24, 2.45) is 5.92 Å². The minimum atomic E-state index is -3.43. The predicted molar refractivity (Wildman–Crippen MR) is 40.5 cm³/mol. The molecule has 0 aromatic carbocycles. The lowest BCUT2D eigenvalue weighted by Crippen LogP contribution is -2.56. The van der Waals surface area contributed by atoms with Crippen LogP contribution < -0.4 is 5.32 Å². The minimum absolute atomic E-state index is 0.703. The summed E-state index contributed by atoms with van der Waals surface area (Å²) in [5, 5.41) is 9.73. The van der Waals surface area contributed by atoms with Gasteiger partial charge in [0.15, 0.2) is 0 Å². The monoisotopic (exact) mass is 213 g/mol. The number of rotatable bonds is 4. The molecule has 0 aromatic heterocycles. The number of alkyl halides is 3. The van der Waals surface area contributed by atoms with Crippen LogP contribution in [0.5, 0.6) is 0 Å². The number of carboxylic acids is 1. The molecule has 2 unspecified atom stereocenters. The van der Waals surface area contributed by atoms with E-state index in [0.717, 1.165) is 6.92 Å². The third kappa shape index (κ3) is 2.61. The molecule has 0 heterocycles. The molecule has 0 radical (unpaired) electrons. The van der Waals surface area contributed by atoms with E-state index in [-0.39, 0.29) is 0 Å². The Hall–Kier alpha value is -1.27. The highest BCUT2D eigenvalue weighted by Crippen LogP contribution is 2.25. The average molecular weight is 213 g/mol. The fourth-order valence-electron chi connectivity index (χ4n) is 0.792. The van der Waals surface area contributed by atoms with E-state index in [2.05, 4.69) is 0 Å². The maximum absolute atomic E-state index is 13.4. The van der Waals surface area contributed by atoms with Crippen LogP contribution in [-0.2, 0) is 9.59 Å². The molecule has 0 aromatic rings. The summed E-state index contributed by atoms with van der Waals surface area (Å²) in [6, 6.07) is 0. The highest BCUT2D eigenvalue weighted by molar-refractivity contribution is 5.84. The van der Waals surface area contributed by atoms with E-state index in [1.807, 2.05) is 0 Å². The molecule has 0 saturated carbocycles. The summed E-state index contributed by atoms with van der Waals surface area (Å²) in [5.41, 5.74) is 0. The summed E-state index contributed by atoms with van der Waals surface area (Å²) in [6.45, 7) is 1.55. The molecule has 2 N–H and O–H groups in total. The van der Waals surface area contributed by atoms with E-state index >= 15 is 0 Å². The molecule has 82 valence electrons. The zero-order valence-corrected chi connectivity index (χ0v) is 7.55. The SMILES string of the molecule is CC(=O)NC(F)(C(=O)O)C(C)C(F)F. The van der Waals surface area contributed by atoms with E-state index in [1.165, 1.54) is 5.32 Å². The maximum Gasteiger partial charge on any atom is 0.363 e. The van der Waals surface area contributed by atoms with Gasteiger partial charge in [-0.3, -0.25) is 4.79 Å². The Balaban J connectivity index is 4.89. The summed E-state index contributed by atoms with van der Waals surface area (Å²) < 4.78 is 37.6. The van der Waals surface area contributed by atoms with Crippen molar-refractivity contribution in [1.82, 2.24) is 5.32 Å². The van der Waals surface area contributed by atoms with E-state index < -0.39 is 30.0 Å². The van der Waals surface area contributed by atoms with E-state index in [4.69, 9.17) is 5.11 Å². The van der Waals surface area contributed by atoms with Gasteiger partial charge < -0.3 is 10.4 Å². The molecule has 14 heavy (non-hydrogen) atoms. The smallest absolute Gasteiger partial charge is 0.363 e. The quantitative estimate of drug-likeness (QED) is 0.678. The number of amides is 1. The summed E-state index contributed by atoms with van der Waals surface area (Å²) in [7, 11) is 0. The maximum atomic E-state index is 13.4. The Morgan fingerprint density at radius 2 is 1.86 bits per heavy atom. The second-order valence-corrected chi connectivity index (χ2v) is 2.82. The normalized spacial score (nSPS) is 17.3. The molecule has 0 fully saturated rings. The fourth-order valence-corrected chi connectivity index (χ4v) is 0.792. The van der Waals surface area contributed by atoms with Gasteiger partial charge in [0.25, 0.3) is 5.79 Å². The predicted octanol–water partition coefficient (Wildman–Crippen LogP) is 0.774. The molecule has 4 nitrogen and oxygen atoms in total. The van der Waals surface area contributed by atoms with Crippen molar-refractivity contribution in [2.45, 2.75) is 26.1 Å². The highest BCUT2D eigenvalue weighted by atomic mass is 19.3. The van der Waals surface area contributed by atoms with Gasteiger partial charge in [-0.1, -0.05) is 6.92 Å². The lowest BCUT2D eigenvalue weighted by molar-refractivity contribution is -0.166. The van der Waals surface area contributed by atoms with Crippen LogP contribution in [0.1, 0.15) is 13.8 Å². The molecule has 1 amide bonds. The molecule has 0 aliphatic heterocycles. The summed E-state index contributed by atoms with van der Waals surface area (Å²) in [5.74, 6) is -8.72. The van der Waals surface area contributed by atoms with Crippen molar-refractivity contribution < 1.29 is 27.9 Å². The first kappa shape index (κ1) is 12.7. The first-order chi connectivity index (χ1) is 6.21. The van der Waals surface area contributed by atoms with Gasteiger partial charge in [-0.15, -0.1) is 0 Å². The number of carbonyl (C=O) groups is 2. The van der Waals surface area contributed by atoms with Crippen LogP contribution in [0.25, 0.3) is 0 Å². The summed E-state index contributed by atoms with van der Waals surface area (Å²) >= 11 is 0. The van der Waals surface area contributed by atoms with Crippen molar-refractivity contribution in [3.05, 3.63) is 0 Å². The van der Waals surface area contributed by atoms with Gasteiger partial charge in [0.1, 0.15) is 0 Å². The minimum Gasteiger partial charge on any atom is -0.477 e. The van der Waals surface area contributed by atoms with Crippen LogP contribution in [0.15, 0.2) is 0 Å². The third-order valence-electron chi connectivity index (χ3n) is 1.67. The van der Waals surface area contributed by atoms with Gasteiger partial charge in [-0.05, 0) is 0 Å². The fraction of sp³-hybridized carbons (Fsp3) is 0.714. The third-order valence-corrected chi connectivity index (χ3v) is 1.67. The standard InChI is InChI=1S/C7H10F3NO3/c1-3(5(8)9)7(10,6(13)14)11-4(2)12/h3,5H,1-2H3,(H,11,12)(H,13,14). The lowest BCUT2D eigenvalue weighted by Gasteiger charge is -2.26. The Morgan fingerprint density at radius 1 is 1.43 bits per heavy atom. The van der Waals surface area contributed by atoms with Crippen LogP contribution in [0.2, 0.25) is 0 Å². The first-order valence-corrected chi connectivity index (χ1v) is 3.71. The summed E-state index contributed by atoms with van der Waals surface area (Å²) in [6.07, 6.45) is -3.18. The number of aliphatic carboxylic acids is 1. The molecule has 7 heteroatoms. The number of hydrogen-bond acceptors (Lipinski definition) is 2. The van der Waals surface area contributed by atoms with Crippen molar-refractivity contribution in [1.29, 1.82) is 0 Å². The largest absolute Gasteiger partial charge is 0.477 e. The number of carboxylic acid groups (broad SMARTS) is 1. The van der Waals surface area contributed by atoms with Gasteiger partial charge >= 0.3 is 5.97 Å². The van der Waals surface area contributed by atoms with Crippen LogP contribution in [0.3, 0.4) is 0 Å². The van der Waals surface area contributed by atoms with Gasteiger partial charge in [0.05, 0.1) is 5.92 Å². The van der Waals surface area contributed by atoms with Crippen molar-refractivity contribution in [3.63, 3.8) is 0 Å². The van der Waals surface area contributed by atoms with E-state index in [1.54, 1.807) is 0 Å². The molecule has 0 saturated heterocycles. The molecular formula is C7H10F3NO3. The zero-order valence-electron chi connectivity index (χ0n) is 7.55. The molecule has 2 atom stereocenters. The van der Waals surface area contributed by atoms with Crippen LogP contribution >= 0.6 is 0 Å². The molecule has 0 aliphatic carbocycles. The van der Waals surface area contributed by atoms with Gasteiger partial charge in [0.2, 0.25) is 12.3 Å². The van der Waals surface area contributed by atoms with Crippen LogP contribution in [-0.4, -0.2) is 29.2 Å². The first-order valence-electron chi connectivity index (χ1n) is 3.71. The Kier molecular flexibility index (Phi) is 3.91. The molecular weight excluding hydrogens is 203 g/mol. The molecule has 0 bridgehead atoms. The van der Waals surface area contributed by atoms with Crippen LogP contribution in [0.4, 0.5) is 13.2 Å². The lowest BCUT2D eigenvalue weighted by atomic mass is 10.00. The van der Waals surface area contributed by atoms with Gasteiger partial charge in [-0.2, -0.15) is 0 Å². The number of halogens is 3. The van der Waals surface area contributed by atoms with Crippen molar-refractivity contribution in [2.75, 3.05) is 0 Å². The summed E-state index contributed by atoms with van der Waals surface area (Å²) in [4.78, 5) is 20.8. The topological polar surface area (TPSA) is 66.4 Å². The van der Waals surface area contributed by atoms with Gasteiger partial charge in [0, 0.05) is 6.92 Å². The van der Waals surface area contributed by atoms with E-state index in [0.29, 0.717) is 6.92 Å². The Labute approximate surface area is 78.1 Å². The second-order valence-electron chi connectivity index (χ2n) is 2.82.